The van der Waals surface area contributed by atoms with Gasteiger partial charge in [-0.1, -0.05) is 6.08 Å². The van der Waals surface area contributed by atoms with E-state index in [1.807, 2.05) is 25.1 Å². The number of esters is 1. The summed E-state index contributed by atoms with van der Waals surface area (Å²) >= 11 is 0. The minimum absolute atomic E-state index is 0.323. The van der Waals surface area contributed by atoms with Crippen LogP contribution in [0.3, 0.4) is 0 Å². The molecule has 1 aromatic heterocycles. The van der Waals surface area contributed by atoms with E-state index in [-0.39, 0.29) is 5.97 Å². The van der Waals surface area contributed by atoms with Crippen molar-refractivity contribution in [1.29, 1.82) is 0 Å². The number of hydrogen-bond donors (Lipinski definition) is 1. The number of hydrogen-bond acceptors (Lipinski definition) is 6. The highest BCUT2D eigenvalue weighted by Gasteiger charge is 2.28. The molecule has 32 heavy (non-hydrogen) atoms. The topological polar surface area (TPSA) is 92.5 Å². The van der Waals surface area contributed by atoms with Crippen LogP contribution >= 0.6 is 0 Å². The number of nitrogens with zero attached hydrogens (tertiary/aromatic N) is 2. The minimum atomic E-state index is -0.925. The van der Waals surface area contributed by atoms with Crippen molar-refractivity contribution in [2.45, 2.75) is 39.2 Å². The monoisotopic (exact) mass is 442 g/mol. The van der Waals surface area contributed by atoms with Crippen molar-refractivity contribution in [3.05, 3.63) is 35.1 Å². The molecule has 2 aromatic rings. The van der Waals surface area contributed by atoms with E-state index >= 15 is 0 Å². The Morgan fingerprint density at radius 3 is 2.62 bits per heavy atom. The van der Waals surface area contributed by atoms with Crippen molar-refractivity contribution in [1.82, 2.24) is 4.90 Å². The fourth-order valence-corrected chi connectivity index (χ4v) is 4.78. The summed E-state index contributed by atoms with van der Waals surface area (Å²) in [5, 5.41) is 9.91. The molecule has 3 heterocycles. The molecule has 8 heteroatoms. The summed E-state index contributed by atoms with van der Waals surface area (Å²) in [7, 11) is 1.39. The zero-order chi connectivity index (χ0) is 22.8. The zero-order valence-corrected chi connectivity index (χ0v) is 18.8. The summed E-state index contributed by atoms with van der Waals surface area (Å²) in [6, 6.07) is 4.24. The third-order valence-electron chi connectivity index (χ3n) is 6.52. The highest BCUT2D eigenvalue weighted by molar-refractivity contribution is 6.07. The highest BCUT2D eigenvalue weighted by atomic mass is 16.5. The molecule has 0 unspecified atom stereocenters. The van der Waals surface area contributed by atoms with Gasteiger partial charge < -0.3 is 28.8 Å². The second kappa shape index (κ2) is 9.24. The number of benzene rings is 1. The van der Waals surface area contributed by atoms with Crippen LogP contribution in [-0.4, -0.2) is 68.1 Å². The average Bonchev–Trinajstić information content (AvgIpc) is 3.24. The molecule has 0 bridgehead atoms. The summed E-state index contributed by atoms with van der Waals surface area (Å²) in [5.74, 6) is 0.278. The van der Waals surface area contributed by atoms with Crippen LogP contribution in [0.15, 0.2) is 22.6 Å². The van der Waals surface area contributed by atoms with Gasteiger partial charge in [0.25, 0.3) is 0 Å². The molecule has 8 nitrogen and oxygen atoms in total. The van der Waals surface area contributed by atoms with E-state index < -0.39 is 6.09 Å². The van der Waals surface area contributed by atoms with Crippen molar-refractivity contribution >= 4 is 34.3 Å². The summed E-state index contributed by atoms with van der Waals surface area (Å²) in [6.45, 7) is 7.09. The zero-order valence-electron chi connectivity index (χ0n) is 18.8. The van der Waals surface area contributed by atoms with Gasteiger partial charge in [0.2, 0.25) is 0 Å². The molecule has 2 aliphatic rings. The standard InChI is InChI=1S/C24H30N2O6/c1-4-26(17-7-11-31-12-8-17)19-14-21-18(22(15(19)2)23(27)30-3)13-20(32-21)16-5-9-25(10-6-16)24(28)29/h5,13-14,17H,4,6-12H2,1-3H3,(H,28,29). The number of carbonyl (C=O) groups is 2. The summed E-state index contributed by atoms with van der Waals surface area (Å²) in [4.78, 5) is 27.7. The molecule has 1 amide bonds. The van der Waals surface area contributed by atoms with Crippen LogP contribution in [0.1, 0.15) is 47.9 Å². The first-order chi connectivity index (χ1) is 15.4. The average molecular weight is 443 g/mol. The normalized spacial score (nSPS) is 17.3. The van der Waals surface area contributed by atoms with Gasteiger partial charge in [-0.2, -0.15) is 0 Å². The van der Waals surface area contributed by atoms with Gasteiger partial charge in [0, 0.05) is 56.0 Å². The fourth-order valence-electron chi connectivity index (χ4n) is 4.78. The molecule has 0 radical (unpaired) electrons. The van der Waals surface area contributed by atoms with Gasteiger partial charge in [-0.3, -0.25) is 0 Å². The van der Waals surface area contributed by atoms with Gasteiger partial charge >= 0.3 is 12.1 Å². The van der Waals surface area contributed by atoms with E-state index in [4.69, 9.17) is 13.9 Å². The van der Waals surface area contributed by atoms with Crippen LogP contribution < -0.4 is 4.90 Å². The molecule has 1 saturated heterocycles. The molecule has 0 spiro atoms. The minimum Gasteiger partial charge on any atom is -0.465 e. The first kappa shape index (κ1) is 22.2. The smallest absolute Gasteiger partial charge is 0.407 e. The second-order valence-electron chi connectivity index (χ2n) is 8.25. The summed E-state index contributed by atoms with van der Waals surface area (Å²) in [5.41, 5.74) is 3.95. The largest absolute Gasteiger partial charge is 0.465 e. The van der Waals surface area contributed by atoms with Gasteiger partial charge in [0.1, 0.15) is 11.3 Å². The maximum absolute atomic E-state index is 12.8. The van der Waals surface area contributed by atoms with Crippen molar-refractivity contribution < 1.29 is 28.6 Å². The number of carbonyl (C=O) groups excluding carboxylic acids is 1. The Morgan fingerprint density at radius 1 is 1.28 bits per heavy atom. The van der Waals surface area contributed by atoms with Crippen LogP contribution in [-0.2, 0) is 9.47 Å². The third-order valence-corrected chi connectivity index (χ3v) is 6.52. The number of furan rings is 1. The second-order valence-corrected chi connectivity index (χ2v) is 8.25. The van der Waals surface area contributed by atoms with Crippen molar-refractivity contribution in [2.24, 2.45) is 0 Å². The predicted octanol–water partition coefficient (Wildman–Crippen LogP) is 4.30. The van der Waals surface area contributed by atoms with Crippen LogP contribution in [0, 0.1) is 6.92 Å². The molecule has 4 rings (SSSR count). The first-order valence-corrected chi connectivity index (χ1v) is 11.1. The Kier molecular flexibility index (Phi) is 6.41. The molecular weight excluding hydrogens is 412 g/mol. The van der Waals surface area contributed by atoms with E-state index in [0.717, 1.165) is 54.8 Å². The fraction of sp³-hybridized carbons (Fsp3) is 0.500. The SMILES string of the molecule is CCN(c1cc2oc(C3=CCN(C(=O)O)CC3)cc2c(C(=O)OC)c1C)C1CCOCC1. The van der Waals surface area contributed by atoms with Crippen molar-refractivity contribution in [2.75, 3.05) is 44.9 Å². The third kappa shape index (κ3) is 4.07. The van der Waals surface area contributed by atoms with Gasteiger partial charge in [-0.15, -0.1) is 0 Å². The van der Waals surface area contributed by atoms with E-state index in [9.17, 15) is 14.7 Å². The number of methoxy groups -OCH3 is 1. The van der Waals surface area contributed by atoms with Gasteiger partial charge in [-0.25, -0.2) is 9.59 Å². The van der Waals surface area contributed by atoms with Crippen LogP contribution in [0.25, 0.3) is 16.5 Å². The highest BCUT2D eigenvalue weighted by Crippen LogP contribution is 2.38. The Bertz CT molecular complexity index is 1050. The maximum Gasteiger partial charge on any atom is 0.407 e. The molecule has 1 aromatic carbocycles. The lowest BCUT2D eigenvalue weighted by atomic mass is 9.98. The summed E-state index contributed by atoms with van der Waals surface area (Å²) in [6.07, 6.45) is 3.39. The van der Waals surface area contributed by atoms with Gasteiger partial charge in [0.05, 0.1) is 12.7 Å². The quantitative estimate of drug-likeness (QED) is 0.690. The Labute approximate surface area is 187 Å². The van der Waals surface area contributed by atoms with Crippen LogP contribution in [0.2, 0.25) is 0 Å². The van der Waals surface area contributed by atoms with Crippen molar-refractivity contribution in [3.63, 3.8) is 0 Å². The van der Waals surface area contributed by atoms with Gasteiger partial charge in [-0.05, 0) is 50.3 Å². The van der Waals surface area contributed by atoms with E-state index in [1.54, 1.807) is 0 Å². The lowest BCUT2D eigenvalue weighted by Gasteiger charge is -2.36. The number of ether oxygens (including phenoxy) is 2. The Hall–Kier alpha value is -3.00. The maximum atomic E-state index is 12.8. The number of rotatable bonds is 5. The van der Waals surface area contributed by atoms with Gasteiger partial charge in [0.15, 0.2) is 0 Å². The number of anilines is 1. The lowest BCUT2D eigenvalue weighted by molar-refractivity contribution is 0.0602. The summed E-state index contributed by atoms with van der Waals surface area (Å²) < 4.78 is 16.9. The van der Waals surface area contributed by atoms with E-state index in [1.165, 1.54) is 12.0 Å². The van der Waals surface area contributed by atoms with E-state index in [2.05, 4.69) is 11.8 Å². The predicted molar refractivity (Wildman–Crippen MR) is 121 cm³/mol. The molecular formula is C24H30N2O6. The Morgan fingerprint density at radius 2 is 2.03 bits per heavy atom. The molecule has 2 aliphatic heterocycles. The first-order valence-electron chi connectivity index (χ1n) is 11.1. The number of amides is 1. The molecule has 1 N–H and O–H groups in total. The lowest BCUT2D eigenvalue weighted by Crippen LogP contribution is -2.40. The number of carboxylic acid groups (broad SMARTS) is 1. The molecule has 172 valence electrons. The van der Waals surface area contributed by atoms with Crippen LogP contribution in [0.5, 0.6) is 0 Å². The van der Waals surface area contributed by atoms with E-state index in [0.29, 0.717) is 42.5 Å². The number of fused-ring (bicyclic) bond motifs is 1. The van der Waals surface area contributed by atoms with Crippen molar-refractivity contribution in [3.8, 4) is 0 Å². The molecule has 0 atom stereocenters. The van der Waals surface area contributed by atoms with Crippen LogP contribution in [0.4, 0.5) is 10.5 Å². The molecule has 0 aliphatic carbocycles. The molecule has 0 saturated carbocycles. The Balaban J connectivity index is 1.79. The molecule has 1 fully saturated rings.